The van der Waals surface area contributed by atoms with Crippen LogP contribution >= 0.6 is 0 Å². The van der Waals surface area contributed by atoms with Gasteiger partial charge in [-0.2, -0.15) is 0 Å². The number of pyridine rings is 1. The topological polar surface area (TPSA) is 30.2 Å². The molecule has 0 N–H and O–H groups in total. The third kappa shape index (κ3) is 17.0. The molecule has 1 rings (SSSR count). The zero-order valence-corrected chi connectivity index (χ0v) is 18.8. The maximum atomic E-state index is 11.7. The molecule has 1 aromatic rings. The molecular weight excluding hydrogens is 370 g/mol. The average molecular weight is 412 g/mol. The number of halogens is 1. The Bertz CT molecular complexity index is 453. The molecule has 4 heteroatoms. The Labute approximate surface area is 179 Å². The van der Waals surface area contributed by atoms with Crippen LogP contribution in [0.2, 0.25) is 0 Å². The maximum Gasteiger partial charge on any atom is 0.305 e. The number of hydrogen-bond acceptors (Lipinski definition) is 2. The fourth-order valence-corrected chi connectivity index (χ4v) is 3.38. The van der Waals surface area contributed by atoms with Crippen LogP contribution in [-0.4, -0.2) is 12.6 Å². The Balaban J connectivity index is 0.00000729. The summed E-state index contributed by atoms with van der Waals surface area (Å²) in [7, 11) is 0. The van der Waals surface area contributed by atoms with E-state index < -0.39 is 0 Å². The molecular formula is C24H42ClNO2. The normalized spacial score (nSPS) is 10.5. The number of nitrogens with zero attached hydrogens (tertiary/aromatic N) is 1. The van der Waals surface area contributed by atoms with Crippen molar-refractivity contribution in [3.05, 3.63) is 30.6 Å². The molecule has 1 aromatic heterocycles. The second kappa shape index (κ2) is 20.6. The minimum absolute atomic E-state index is 0. The highest BCUT2D eigenvalue weighted by atomic mass is 35.5. The molecule has 0 aliphatic heterocycles. The summed E-state index contributed by atoms with van der Waals surface area (Å²) in [6.45, 7) is 3.70. The van der Waals surface area contributed by atoms with E-state index in [4.69, 9.17) is 4.74 Å². The predicted octanol–water partition coefficient (Wildman–Crippen LogP) is 3.39. The number of carbonyl (C=O) groups is 1. The van der Waals surface area contributed by atoms with Crippen molar-refractivity contribution >= 4 is 5.97 Å². The molecule has 0 unspecified atom stereocenters. The van der Waals surface area contributed by atoms with E-state index in [9.17, 15) is 4.79 Å². The van der Waals surface area contributed by atoms with E-state index in [2.05, 4.69) is 11.5 Å². The fraction of sp³-hybridized carbons (Fsp3) is 0.750. The van der Waals surface area contributed by atoms with E-state index in [1.54, 1.807) is 0 Å². The van der Waals surface area contributed by atoms with Crippen LogP contribution < -0.4 is 17.0 Å². The van der Waals surface area contributed by atoms with Crippen LogP contribution in [0, 0.1) is 0 Å². The van der Waals surface area contributed by atoms with Crippen LogP contribution in [0.5, 0.6) is 0 Å². The number of hydrogen-bond donors (Lipinski definition) is 0. The van der Waals surface area contributed by atoms with Gasteiger partial charge in [-0.1, -0.05) is 90.0 Å². The van der Waals surface area contributed by atoms with Crippen molar-refractivity contribution < 1.29 is 26.5 Å². The highest BCUT2D eigenvalue weighted by molar-refractivity contribution is 5.69. The van der Waals surface area contributed by atoms with E-state index in [-0.39, 0.29) is 18.4 Å². The summed E-state index contributed by atoms with van der Waals surface area (Å²) in [6, 6.07) is 6.04. The van der Waals surface area contributed by atoms with Crippen molar-refractivity contribution in [3.63, 3.8) is 0 Å². The lowest BCUT2D eigenvalue weighted by atomic mass is 10.0. The van der Waals surface area contributed by atoms with Crippen molar-refractivity contribution in [2.24, 2.45) is 0 Å². The van der Waals surface area contributed by atoms with Gasteiger partial charge in [-0.3, -0.25) is 4.79 Å². The van der Waals surface area contributed by atoms with Gasteiger partial charge < -0.3 is 17.1 Å². The lowest BCUT2D eigenvalue weighted by molar-refractivity contribution is -0.697. The summed E-state index contributed by atoms with van der Waals surface area (Å²) in [4.78, 5) is 11.7. The molecule has 0 aliphatic carbocycles. The first kappa shape index (κ1) is 26.9. The lowest BCUT2D eigenvalue weighted by Crippen LogP contribution is -3.00. The minimum Gasteiger partial charge on any atom is -1.00 e. The summed E-state index contributed by atoms with van der Waals surface area (Å²) in [6.07, 6.45) is 22.8. The van der Waals surface area contributed by atoms with E-state index in [0.717, 1.165) is 25.8 Å². The number of unbranched alkanes of at least 4 members (excludes halogenated alkanes) is 12. The van der Waals surface area contributed by atoms with E-state index in [0.29, 0.717) is 13.0 Å². The summed E-state index contributed by atoms with van der Waals surface area (Å²) < 4.78 is 7.43. The van der Waals surface area contributed by atoms with Crippen molar-refractivity contribution in [1.29, 1.82) is 0 Å². The van der Waals surface area contributed by atoms with Gasteiger partial charge in [-0.05, 0) is 6.42 Å². The van der Waals surface area contributed by atoms with Gasteiger partial charge in [-0.15, -0.1) is 0 Å². The van der Waals surface area contributed by atoms with Crippen molar-refractivity contribution in [2.45, 2.75) is 110 Å². The van der Waals surface area contributed by atoms with Gasteiger partial charge in [0.05, 0.1) is 6.61 Å². The number of esters is 1. The van der Waals surface area contributed by atoms with Crippen molar-refractivity contribution in [2.75, 3.05) is 6.61 Å². The zero-order chi connectivity index (χ0) is 19.4. The third-order valence-corrected chi connectivity index (χ3v) is 5.09. The van der Waals surface area contributed by atoms with Crippen LogP contribution in [0.1, 0.15) is 103 Å². The molecule has 0 aliphatic rings. The molecule has 3 nitrogen and oxygen atoms in total. The highest BCUT2D eigenvalue weighted by Crippen LogP contribution is 2.13. The van der Waals surface area contributed by atoms with Crippen molar-refractivity contribution in [1.82, 2.24) is 0 Å². The molecule has 0 amide bonds. The van der Waals surface area contributed by atoms with E-state index in [1.807, 2.05) is 30.6 Å². The smallest absolute Gasteiger partial charge is 0.305 e. The second-order valence-corrected chi connectivity index (χ2v) is 7.68. The summed E-state index contributed by atoms with van der Waals surface area (Å²) in [5.41, 5.74) is 0. The first-order valence-electron chi connectivity index (χ1n) is 11.4. The quantitative estimate of drug-likeness (QED) is 0.210. The van der Waals surface area contributed by atoms with Gasteiger partial charge in [0.15, 0.2) is 18.9 Å². The molecule has 0 saturated carbocycles. The monoisotopic (exact) mass is 411 g/mol. The standard InChI is InChI=1S/C24H42NO2.ClH/c1-2-3-4-5-6-7-8-9-10-11-12-13-15-19-24(26)27-23-18-22-25-20-16-14-17-21-25;/h14,16-17,20-21H,2-13,15,18-19,22-23H2,1H3;1H/q+1;/p-1. The molecule has 28 heavy (non-hydrogen) atoms. The molecule has 0 bridgehead atoms. The Morgan fingerprint density at radius 3 is 1.75 bits per heavy atom. The molecule has 1 heterocycles. The van der Waals surface area contributed by atoms with Crippen LogP contribution in [0.3, 0.4) is 0 Å². The number of aryl methyl sites for hydroxylation is 1. The SMILES string of the molecule is CCCCCCCCCCCCCCCC(=O)OCCC[n+]1ccccc1.[Cl-]. The Kier molecular flexibility index (Phi) is 19.8. The zero-order valence-electron chi connectivity index (χ0n) is 18.0. The Morgan fingerprint density at radius 1 is 0.714 bits per heavy atom. The summed E-state index contributed by atoms with van der Waals surface area (Å²) in [5.74, 6) is -0.0314. The van der Waals surface area contributed by atoms with Gasteiger partial charge in [0.1, 0.15) is 0 Å². The molecule has 0 fully saturated rings. The Morgan fingerprint density at radius 2 is 1.21 bits per heavy atom. The molecule has 0 atom stereocenters. The van der Waals surface area contributed by atoms with Crippen LogP contribution in [0.4, 0.5) is 0 Å². The summed E-state index contributed by atoms with van der Waals surface area (Å²) >= 11 is 0. The maximum absolute atomic E-state index is 11.7. The number of rotatable bonds is 18. The number of carbonyl (C=O) groups excluding carboxylic acids is 1. The van der Waals surface area contributed by atoms with Gasteiger partial charge in [0.25, 0.3) is 0 Å². The third-order valence-electron chi connectivity index (χ3n) is 5.09. The van der Waals surface area contributed by atoms with Crippen LogP contribution in [0.25, 0.3) is 0 Å². The second-order valence-electron chi connectivity index (χ2n) is 7.68. The Hall–Kier alpha value is -1.09. The number of ether oxygens (including phenoxy) is 1. The first-order chi connectivity index (χ1) is 13.3. The van der Waals surface area contributed by atoms with Crippen LogP contribution in [0.15, 0.2) is 30.6 Å². The average Bonchev–Trinajstić information content (AvgIpc) is 2.69. The first-order valence-corrected chi connectivity index (χ1v) is 11.4. The molecule has 162 valence electrons. The van der Waals surface area contributed by atoms with Gasteiger partial charge in [-0.25, -0.2) is 4.57 Å². The van der Waals surface area contributed by atoms with E-state index >= 15 is 0 Å². The van der Waals surface area contributed by atoms with Crippen molar-refractivity contribution in [3.8, 4) is 0 Å². The largest absolute Gasteiger partial charge is 1.00 e. The highest BCUT2D eigenvalue weighted by Gasteiger charge is 2.04. The van der Waals surface area contributed by atoms with Crippen LogP contribution in [-0.2, 0) is 16.1 Å². The van der Waals surface area contributed by atoms with Gasteiger partial charge in [0, 0.05) is 25.0 Å². The summed E-state index contributed by atoms with van der Waals surface area (Å²) in [5, 5.41) is 0. The fourth-order valence-electron chi connectivity index (χ4n) is 3.38. The number of aromatic nitrogens is 1. The van der Waals surface area contributed by atoms with Gasteiger partial charge >= 0.3 is 5.97 Å². The molecule has 0 radical (unpaired) electrons. The molecule has 0 spiro atoms. The predicted molar refractivity (Wildman–Crippen MR) is 113 cm³/mol. The molecule has 0 aromatic carbocycles. The minimum atomic E-state index is -0.0314. The molecule has 0 saturated heterocycles. The van der Waals surface area contributed by atoms with E-state index in [1.165, 1.54) is 70.6 Å². The van der Waals surface area contributed by atoms with Gasteiger partial charge in [0.2, 0.25) is 0 Å². The lowest BCUT2D eigenvalue weighted by Gasteiger charge is -2.04.